The Kier molecular flexibility index (Phi) is 4.36. The number of carboxylic acid groups (broad SMARTS) is 1. The number of nitrogens with zero attached hydrogens (tertiary/aromatic N) is 1. The van der Waals surface area contributed by atoms with Crippen LogP contribution in [0.4, 0.5) is 0 Å². The van der Waals surface area contributed by atoms with Crippen LogP contribution in [0.25, 0.3) is 0 Å². The minimum atomic E-state index is -3.55. The van der Waals surface area contributed by atoms with E-state index in [9.17, 15) is 18.3 Å². The predicted molar refractivity (Wildman–Crippen MR) is 78.6 cm³/mol. The van der Waals surface area contributed by atoms with Crippen LogP contribution in [0.2, 0.25) is 0 Å². The van der Waals surface area contributed by atoms with Crippen molar-refractivity contribution in [2.24, 2.45) is 0 Å². The van der Waals surface area contributed by atoms with Crippen molar-refractivity contribution >= 4 is 16.0 Å². The molecule has 0 spiro atoms. The first-order chi connectivity index (χ1) is 9.82. The zero-order valence-corrected chi connectivity index (χ0v) is 13.0. The highest BCUT2D eigenvalue weighted by molar-refractivity contribution is 7.89. The Labute approximate surface area is 124 Å². The van der Waals surface area contributed by atoms with Crippen LogP contribution in [-0.2, 0) is 14.8 Å². The molecule has 0 atom stereocenters. The predicted octanol–water partition coefficient (Wildman–Crippen LogP) is 0.822. The van der Waals surface area contributed by atoms with E-state index in [4.69, 9.17) is 0 Å². The average Bonchev–Trinajstić information content (AvgIpc) is 2.47. The molecule has 0 aromatic heterocycles. The van der Waals surface area contributed by atoms with E-state index < -0.39 is 21.5 Å². The summed E-state index contributed by atoms with van der Waals surface area (Å²) in [5.74, 6) is -0.933. The molecule has 1 aliphatic heterocycles. The lowest BCUT2D eigenvalue weighted by Gasteiger charge is -2.37. The number of sulfonamides is 1. The first kappa shape index (κ1) is 15.9. The van der Waals surface area contributed by atoms with Gasteiger partial charge in [0.2, 0.25) is 10.0 Å². The third kappa shape index (κ3) is 2.95. The molecule has 0 aliphatic carbocycles. The first-order valence-corrected chi connectivity index (χ1v) is 8.25. The molecule has 21 heavy (non-hydrogen) atoms. The van der Waals surface area contributed by atoms with Crippen LogP contribution >= 0.6 is 0 Å². The molecule has 1 aliphatic rings. The summed E-state index contributed by atoms with van der Waals surface area (Å²) in [6, 6.07) is 6.68. The van der Waals surface area contributed by atoms with E-state index in [2.05, 4.69) is 5.32 Å². The maximum atomic E-state index is 12.5. The van der Waals surface area contributed by atoms with Crippen LogP contribution in [0.15, 0.2) is 29.2 Å². The molecule has 1 fully saturated rings. The van der Waals surface area contributed by atoms with Gasteiger partial charge in [-0.2, -0.15) is 4.31 Å². The van der Waals surface area contributed by atoms with Crippen LogP contribution in [0.3, 0.4) is 0 Å². The summed E-state index contributed by atoms with van der Waals surface area (Å²) in [4.78, 5) is 11.6. The molecule has 0 saturated carbocycles. The fraction of sp³-hybridized carbons (Fsp3) is 0.500. The zero-order chi connectivity index (χ0) is 15.7. The quantitative estimate of drug-likeness (QED) is 0.859. The number of carbonyl (C=O) groups is 1. The van der Waals surface area contributed by atoms with Crippen LogP contribution in [0.1, 0.15) is 18.4 Å². The van der Waals surface area contributed by atoms with E-state index >= 15 is 0 Å². The molecule has 1 heterocycles. The minimum absolute atomic E-state index is 0.198. The van der Waals surface area contributed by atoms with Crippen LogP contribution < -0.4 is 5.32 Å². The first-order valence-electron chi connectivity index (χ1n) is 6.81. The van der Waals surface area contributed by atoms with Crippen molar-refractivity contribution in [1.82, 2.24) is 9.62 Å². The molecular weight excluding hydrogens is 292 g/mol. The van der Waals surface area contributed by atoms with Gasteiger partial charge in [-0.1, -0.05) is 17.7 Å². The molecule has 6 nitrogen and oxygen atoms in total. The Balaban J connectivity index is 2.18. The summed E-state index contributed by atoms with van der Waals surface area (Å²) in [5.41, 5.74) is -0.0353. The van der Waals surface area contributed by atoms with Crippen molar-refractivity contribution in [3.63, 3.8) is 0 Å². The molecule has 0 radical (unpaired) electrons. The fourth-order valence-corrected chi connectivity index (χ4v) is 3.98. The van der Waals surface area contributed by atoms with Gasteiger partial charge in [0.1, 0.15) is 5.54 Å². The van der Waals surface area contributed by atoms with E-state index in [0.717, 1.165) is 5.56 Å². The zero-order valence-electron chi connectivity index (χ0n) is 12.2. The molecule has 1 saturated heterocycles. The third-order valence-electron chi connectivity index (χ3n) is 4.12. The molecule has 2 rings (SSSR count). The summed E-state index contributed by atoms with van der Waals surface area (Å²) in [6.45, 7) is 2.29. The average molecular weight is 312 g/mol. The Bertz CT molecular complexity index is 617. The number of hydrogen-bond acceptors (Lipinski definition) is 4. The molecule has 0 bridgehead atoms. The van der Waals surface area contributed by atoms with Crippen molar-refractivity contribution in [3.05, 3.63) is 29.8 Å². The molecule has 116 valence electrons. The maximum absolute atomic E-state index is 12.5. The molecule has 7 heteroatoms. The fourth-order valence-electron chi connectivity index (χ4n) is 2.54. The summed E-state index contributed by atoms with van der Waals surface area (Å²) < 4.78 is 26.4. The van der Waals surface area contributed by atoms with E-state index in [0.29, 0.717) is 0 Å². The number of piperidine rings is 1. The normalized spacial score (nSPS) is 19.3. The van der Waals surface area contributed by atoms with Crippen molar-refractivity contribution in [1.29, 1.82) is 0 Å². The Morgan fingerprint density at radius 2 is 1.76 bits per heavy atom. The van der Waals surface area contributed by atoms with Gasteiger partial charge in [0.05, 0.1) is 4.90 Å². The number of aliphatic carboxylic acids is 1. The lowest BCUT2D eigenvalue weighted by molar-refractivity contribution is -0.146. The number of nitrogens with one attached hydrogen (secondary N) is 1. The highest BCUT2D eigenvalue weighted by Crippen LogP contribution is 2.27. The number of aryl methyl sites for hydroxylation is 1. The van der Waals surface area contributed by atoms with Crippen molar-refractivity contribution in [3.8, 4) is 0 Å². The SMILES string of the molecule is CNC1(C(=O)O)CCN(S(=O)(=O)c2ccc(C)cc2)CC1. The van der Waals surface area contributed by atoms with Crippen LogP contribution in [-0.4, -0.2) is 49.5 Å². The topological polar surface area (TPSA) is 86.7 Å². The molecule has 0 unspecified atom stereocenters. The van der Waals surface area contributed by atoms with Gasteiger partial charge in [0.25, 0.3) is 0 Å². The van der Waals surface area contributed by atoms with Gasteiger partial charge < -0.3 is 10.4 Å². The van der Waals surface area contributed by atoms with Gasteiger partial charge in [0.15, 0.2) is 0 Å². The summed E-state index contributed by atoms with van der Waals surface area (Å²) in [7, 11) is -1.95. The number of hydrogen-bond donors (Lipinski definition) is 2. The smallest absolute Gasteiger partial charge is 0.323 e. The summed E-state index contributed by atoms with van der Waals surface area (Å²) >= 11 is 0. The Morgan fingerprint density at radius 3 is 2.19 bits per heavy atom. The Morgan fingerprint density at radius 1 is 1.24 bits per heavy atom. The summed E-state index contributed by atoms with van der Waals surface area (Å²) in [5, 5.41) is 12.1. The third-order valence-corrected chi connectivity index (χ3v) is 6.04. The van der Waals surface area contributed by atoms with E-state index in [1.165, 1.54) is 4.31 Å². The van der Waals surface area contributed by atoms with Gasteiger partial charge in [-0.25, -0.2) is 8.42 Å². The summed E-state index contributed by atoms with van der Waals surface area (Å²) in [6.07, 6.45) is 0.508. The van der Waals surface area contributed by atoms with Gasteiger partial charge >= 0.3 is 5.97 Å². The van der Waals surface area contributed by atoms with E-state index in [1.807, 2.05) is 6.92 Å². The molecule has 1 aromatic rings. The minimum Gasteiger partial charge on any atom is -0.480 e. The molecular formula is C14H20N2O4S. The van der Waals surface area contributed by atoms with Crippen molar-refractivity contribution in [2.45, 2.75) is 30.2 Å². The Hall–Kier alpha value is -1.44. The lowest BCUT2D eigenvalue weighted by atomic mass is 9.89. The van der Waals surface area contributed by atoms with E-state index in [1.54, 1.807) is 31.3 Å². The number of likely N-dealkylation sites (N-methyl/N-ethyl adjacent to an activating group) is 1. The van der Waals surface area contributed by atoms with Gasteiger partial charge in [-0.15, -0.1) is 0 Å². The van der Waals surface area contributed by atoms with Gasteiger partial charge in [-0.05, 0) is 38.9 Å². The molecule has 2 N–H and O–H groups in total. The highest BCUT2D eigenvalue weighted by Gasteiger charge is 2.42. The van der Waals surface area contributed by atoms with Crippen molar-refractivity contribution < 1.29 is 18.3 Å². The van der Waals surface area contributed by atoms with Crippen molar-refractivity contribution in [2.75, 3.05) is 20.1 Å². The second kappa shape index (κ2) is 5.75. The lowest BCUT2D eigenvalue weighted by Crippen LogP contribution is -2.57. The second-order valence-corrected chi connectivity index (χ2v) is 7.29. The molecule has 0 amide bonds. The number of carboxylic acids is 1. The number of rotatable bonds is 4. The largest absolute Gasteiger partial charge is 0.480 e. The second-order valence-electron chi connectivity index (χ2n) is 5.35. The maximum Gasteiger partial charge on any atom is 0.323 e. The van der Waals surface area contributed by atoms with Gasteiger partial charge in [0, 0.05) is 13.1 Å². The van der Waals surface area contributed by atoms with Crippen LogP contribution in [0.5, 0.6) is 0 Å². The van der Waals surface area contributed by atoms with Gasteiger partial charge in [-0.3, -0.25) is 4.79 Å². The highest BCUT2D eigenvalue weighted by atomic mass is 32.2. The standard InChI is InChI=1S/C14H20N2O4S/c1-11-3-5-12(6-4-11)21(19,20)16-9-7-14(15-2,8-10-16)13(17)18/h3-6,15H,7-10H2,1-2H3,(H,17,18). The number of benzene rings is 1. The van der Waals surface area contributed by atoms with Crippen LogP contribution in [0, 0.1) is 6.92 Å². The van der Waals surface area contributed by atoms with E-state index in [-0.39, 0.29) is 30.8 Å². The molecule has 1 aromatic carbocycles. The monoisotopic (exact) mass is 312 g/mol.